The Balaban J connectivity index is 1.31. The molecule has 0 saturated heterocycles. The van der Waals surface area contributed by atoms with Crippen molar-refractivity contribution in [1.82, 2.24) is 10.6 Å². The Bertz CT molecular complexity index is 408. The number of hydrogen-bond acceptors (Lipinski definition) is 3. The van der Waals surface area contributed by atoms with Crippen molar-refractivity contribution in [2.24, 2.45) is 5.41 Å². The highest BCUT2D eigenvalue weighted by atomic mass is 16.6. The summed E-state index contributed by atoms with van der Waals surface area (Å²) in [5, 5.41) is 6.80. The van der Waals surface area contributed by atoms with Gasteiger partial charge < -0.3 is 15.4 Å². The Morgan fingerprint density at radius 1 is 0.957 bits per heavy atom. The van der Waals surface area contributed by atoms with E-state index in [9.17, 15) is 4.79 Å². The molecule has 0 aromatic rings. The quantitative estimate of drug-likeness (QED) is 0.821. The van der Waals surface area contributed by atoms with Crippen molar-refractivity contribution in [2.75, 3.05) is 0 Å². The lowest BCUT2D eigenvalue weighted by Crippen LogP contribution is -2.55. The van der Waals surface area contributed by atoms with Gasteiger partial charge in [-0.1, -0.05) is 12.8 Å². The lowest BCUT2D eigenvalue weighted by molar-refractivity contribution is 0.0458. The zero-order valence-corrected chi connectivity index (χ0v) is 15.1. The molecule has 132 valence electrons. The fourth-order valence-electron chi connectivity index (χ4n) is 4.70. The molecule has 0 aliphatic heterocycles. The molecule has 3 aliphatic carbocycles. The first-order chi connectivity index (χ1) is 10.8. The van der Waals surface area contributed by atoms with Gasteiger partial charge in [-0.2, -0.15) is 0 Å². The summed E-state index contributed by atoms with van der Waals surface area (Å²) in [7, 11) is 0. The predicted octanol–water partition coefficient (Wildman–Crippen LogP) is 4.13. The van der Waals surface area contributed by atoms with Crippen LogP contribution in [0, 0.1) is 5.41 Å². The minimum absolute atomic E-state index is 0.276. The Morgan fingerprint density at radius 3 is 2.13 bits per heavy atom. The van der Waals surface area contributed by atoms with Gasteiger partial charge in [0.1, 0.15) is 5.60 Å². The van der Waals surface area contributed by atoms with Gasteiger partial charge in [0.25, 0.3) is 0 Å². The van der Waals surface area contributed by atoms with Crippen LogP contribution in [-0.4, -0.2) is 29.8 Å². The molecule has 0 atom stereocenters. The van der Waals surface area contributed by atoms with Crippen LogP contribution in [0.3, 0.4) is 0 Å². The number of hydrogen-bond donors (Lipinski definition) is 2. The van der Waals surface area contributed by atoms with E-state index in [2.05, 4.69) is 10.6 Å². The van der Waals surface area contributed by atoms with Crippen molar-refractivity contribution in [3.05, 3.63) is 0 Å². The summed E-state index contributed by atoms with van der Waals surface area (Å²) in [4.78, 5) is 11.7. The lowest BCUT2D eigenvalue weighted by Gasteiger charge is -2.43. The Labute approximate surface area is 141 Å². The molecule has 0 unspecified atom stereocenters. The van der Waals surface area contributed by atoms with Crippen molar-refractivity contribution in [3.8, 4) is 0 Å². The maximum atomic E-state index is 11.7. The summed E-state index contributed by atoms with van der Waals surface area (Å²) in [6, 6.07) is 1.57. The molecule has 0 bridgehead atoms. The fraction of sp³-hybridized carbons (Fsp3) is 0.947. The molecule has 4 heteroatoms. The summed E-state index contributed by atoms with van der Waals surface area (Å²) < 4.78 is 5.31. The molecule has 0 aromatic heterocycles. The molecule has 2 N–H and O–H groups in total. The largest absolute Gasteiger partial charge is 0.444 e. The third-order valence-electron chi connectivity index (χ3n) is 6.04. The van der Waals surface area contributed by atoms with E-state index in [4.69, 9.17) is 4.74 Å². The SMILES string of the molecule is CC(C)(C)OC(=O)NC1CC(NC2CCC3(CCCC3)CC2)C1. The number of alkyl carbamates (subject to hydrolysis) is 1. The average molecular weight is 322 g/mol. The first-order valence-corrected chi connectivity index (χ1v) is 9.59. The molecule has 23 heavy (non-hydrogen) atoms. The molecular weight excluding hydrogens is 288 g/mol. The highest BCUT2D eigenvalue weighted by Gasteiger charge is 2.39. The van der Waals surface area contributed by atoms with Crippen LogP contribution in [0.2, 0.25) is 0 Å². The second-order valence-corrected chi connectivity index (χ2v) is 9.16. The molecule has 3 aliphatic rings. The topological polar surface area (TPSA) is 50.4 Å². The van der Waals surface area contributed by atoms with Crippen LogP contribution in [-0.2, 0) is 4.74 Å². The predicted molar refractivity (Wildman–Crippen MR) is 92.5 cm³/mol. The van der Waals surface area contributed by atoms with Crippen LogP contribution < -0.4 is 10.6 Å². The second kappa shape index (κ2) is 6.62. The first kappa shape index (κ1) is 17.1. The first-order valence-electron chi connectivity index (χ1n) is 9.59. The Hall–Kier alpha value is -0.770. The zero-order valence-electron chi connectivity index (χ0n) is 15.1. The zero-order chi connectivity index (χ0) is 16.5. The Kier molecular flexibility index (Phi) is 4.91. The number of ether oxygens (including phenoxy) is 1. The monoisotopic (exact) mass is 322 g/mol. The van der Waals surface area contributed by atoms with Gasteiger partial charge >= 0.3 is 6.09 Å². The lowest BCUT2D eigenvalue weighted by atomic mass is 9.71. The maximum absolute atomic E-state index is 11.7. The third kappa shape index (κ3) is 4.62. The third-order valence-corrected chi connectivity index (χ3v) is 6.04. The maximum Gasteiger partial charge on any atom is 0.407 e. The van der Waals surface area contributed by atoms with Crippen molar-refractivity contribution in [2.45, 2.75) is 109 Å². The number of carbonyl (C=O) groups excluding carboxylic acids is 1. The summed E-state index contributed by atoms with van der Waals surface area (Å²) >= 11 is 0. The van der Waals surface area contributed by atoms with Gasteiger partial charge in [-0.15, -0.1) is 0 Å². The van der Waals surface area contributed by atoms with Gasteiger partial charge in [0.15, 0.2) is 0 Å². The average Bonchev–Trinajstić information content (AvgIpc) is 2.85. The van der Waals surface area contributed by atoms with Crippen molar-refractivity contribution in [3.63, 3.8) is 0 Å². The summed E-state index contributed by atoms with van der Waals surface area (Å²) in [6.45, 7) is 5.70. The smallest absolute Gasteiger partial charge is 0.407 e. The molecule has 0 radical (unpaired) electrons. The minimum atomic E-state index is -0.413. The van der Waals surface area contributed by atoms with E-state index in [1.807, 2.05) is 20.8 Å². The van der Waals surface area contributed by atoms with Gasteiger partial charge in [0.2, 0.25) is 0 Å². The van der Waals surface area contributed by atoms with E-state index in [1.165, 1.54) is 51.4 Å². The molecule has 3 saturated carbocycles. The van der Waals surface area contributed by atoms with Crippen LogP contribution >= 0.6 is 0 Å². The van der Waals surface area contributed by atoms with Gasteiger partial charge in [0, 0.05) is 18.1 Å². The van der Waals surface area contributed by atoms with Gasteiger partial charge in [0.05, 0.1) is 0 Å². The number of amides is 1. The molecule has 0 heterocycles. The van der Waals surface area contributed by atoms with Crippen molar-refractivity contribution < 1.29 is 9.53 Å². The summed E-state index contributed by atoms with van der Waals surface area (Å²) in [5.41, 5.74) is 0.308. The van der Waals surface area contributed by atoms with Crippen LogP contribution in [0.15, 0.2) is 0 Å². The van der Waals surface area contributed by atoms with Gasteiger partial charge in [-0.3, -0.25) is 0 Å². The summed E-state index contributed by atoms with van der Waals surface area (Å²) in [5.74, 6) is 0. The highest BCUT2D eigenvalue weighted by molar-refractivity contribution is 5.68. The molecule has 3 rings (SSSR count). The molecule has 0 aromatic carbocycles. The molecule has 3 fully saturated rings. The van der Waals surface area contributed by atoms with E-state index in [-0.39, 0.29) is 12.1 Å². The second-order valence-electron chi connectivity index (χ2n) is 9.16. The number of rotatable bonds is 3. The normalized spacial score (nSPS) is 30.9. The van der Waals surface area contributed by atoms with Crippen LogP contribution in [0.1, 0.15) is 85.0 Å². The van der Waals surface area contributed by atoms with E-state index in [0.717, 1.165) is 18.3 Å². The van der Waals surface area contributed by atoms with E-state index in [0.29, 0.717) is 12.1 Å². The standard InChI is InChI=1S/C19H34N2O2/c1-18(2,3)23-17(22)21-16-12-15(13-16)20-14-6-10-19(11-7-14)8-4-5-9-19/h14-16,20H,4-13H2,1-3H3,(H,21,22). The van der Waals surface area contributed by atoms with E-state index in [1.54, 1.807) is 0 Å². The van der Waals surface area contributed by atoms with Crippen LogP contribution in [0.25, 0.3) is 0 Å². The Morgan fingerprint density at radius 2 is 1.57 bits per heavy atom. The summed E-state index contributed by atoms with van der Waals surface area (Å²) in [6.07, 6.45) is 13.2. The number of nitrogens with one attached hydrogen (secondary N) is 2. The van der Waals surface area contributed by atoms with E-state index < -0.39 is 5.60 Å². The minimum Gasteiger partial charge on any atom is -0.444 e. The molecule has 1 spiro atoms. The van der Waals surface area contributed by atoms with Crippen molar-refractivity contribution in [1.29, 1.82) is 0 Å². The van der Waals surface area contributed by atoms with Crippen molar-refractivity contribution >= 4 is 6.09 Å². The van der Waals surface area contributed by atoms with Crippen LogP contribution in [0.4, 0.5) is 4.79 Å². The number of carbonyl (C=O) groups is 1. The van der Waals surface area contributed by atoms with E-state index >= 15 is 0 Å². The van der Waals surface area contributed by atoms with Gasteiger partial charge in [-0.25, -0.2) is 4.79 Å². The highest BCUT2D eigenvalue weighted by Crippen LogP contribution is 2.49. The fourth-order valence-corrected chi connectivity index (χ4v) is 4.70. The van der Waals surface area contributed by atoms with Gasteiger partial charge in [-0.05, 0) is 77.6 Å². The molecular formula is C19H34N2O2. The van der Waals surface area contributed by atoms with Crippen LogP contribution in [0.5, 0.6) is 0 Å². The molecule has 1 amide bonds. The molecule has 4 nitrogen and oxygen atoms in total.